The van der Waals surface area contributed by atoms with Crippen LogP contribution < -0.4 is 0 Å². The molecule has 0 aliphatic heterocycles. The third-order valence-electron chi connectivity index (χ3n) is 1.21. The van der Waals surface area contributed by atoms with Crippen molar-refractivity contribution in [1.29, 1.82) is 0 Å². The van der Waals surface area contributed by atoms with E-state index in [1.807, 2.05) is 5.10 Å². The van der Waals surface area contributed by atoms with Crippen molar-refractivity contribution in [2.75, 3.05) is 0 Å². The van der Waals surface area contributed by atoms with Crippen molar-refractivity contribution in [3.05, 3.63) is 21.9 Å². The van der Waals surface area contributed by atoms with Crippen LogP contribution in [-0.4, -0.2) is 23.5 Å². The summed E-state index contributed by atoms with van der Waals surface area (Å²) in [5.74, 6) is -1.65. The number of H-pyrrole nitrogens is 1. The highest BCUT2D eigenvalue weighted by atomic mass is 32.3. The molecular weight excluding hydrogens is 205 g/mol. The van der Waals surface area contributed by atoms with Crippen LogP contribution in [0.25, 0.3) is 0 Å². The first-order valence-electron chi connectivity index (χ1n) is 2.99. The van der Waals surface area contributed by atoms with Crippen molar-refractivity contribution < 1.29 is 17.2 Å². The van der Waals surface area contributed by atoms with E-state index < -0.39 is 26.7 Å². The van der Waals surface area contributed by atoms with Gasteiger partial charge in [0.15, 0.2) is 0 Å². The lowest BCUT2D eigenvalue weighted by Gasteiger charge is -1.92. The Kier molecular flexibility index (Phi) is 2.28. The number of nitrogens with zero attached hydrogens (tertiary/aromatic N) is 2. The summed E-state index contributed by atoms with van der Waals surface area (Å²) in [6, 6.07) is 0. The average Bonchev–Trinajstić information content (AvgIpc) is 2.31. The minimum absolute atomic E-state index is 0.299. The second-order valence-electron chi connectivity index (χ2n) is 2.18. The second kappa shape index (κ2) is 3.09. The van der Waals surface area contributed by atoms with Gasteiger partial charge in [0.05, 0.1) is 11.8 Å². The normalized spacial score (nSPS) is 11.5. The molecular formula is C4H4FN3O4S. The van der Waals surface area contributed by atoms with E-state index in [4.69, 9.17) is 0 Å². The van der Waals surface area contributed by atoms with Crippen molar-refractivity contribution >= 4 is 16.0 Å². The maximum Gasteiger partial charge on any atom is 0.346 e. The van der Waals surface area contributed by atoms with Gasteiger partial charge in [-0.25, -0.2) is 0 Å². The van der Waals surface area contributed by atoms with Crippen LogP contribution in [0.3, 0.4) is 0 Å². The molecule has 0 aliphatic carbocycles. The van der Waals surface area contributed by atoms with E-state index in [1.165, 1.54) is 0 Å². The van der Waals surface area contributed by atoms with Crippen LogP contribution in [0.4, 0.5) is 9.70 Å². The number of hydrogen-bond acceptors (Lipinski definition) is 5. The van der Waals surface area contributed by atoms with Gasteiger partial charge in [-0.15, -0.1) is 8.98 Å². The van der Waals surface area contributed by atoms with Gasteiger partial charge in [0.1, 0.15) is 5.75 Å². The number of nitrogens with one attached hydrogen (secondary N) is 1. The Morgan fingerprint density at radius 2 is 2.31 bits per heavy atom. The van der Waals surface area contributed by atoms with E-state index >= 15 is 0 Å². The fraction of sp³-hybridized carbons (Fsp3) is 0.250. The van der Waals surface area contributed by atoms with Gasteiger partial charge in [-0.2, -0.15) is 8.42 Å². The van der Waals surface area contributed by atoms with Gasteiger partial charge in [-0.05, 0) is 4.92 Å². The van der Waals surface area contributed by atoms with E-state index in [0.29, 0.717) is 0 Å². The number of aromatic amines is 1. The first-order valence-corrected chi connectivity index (χ1v) is 4.54. The SMILES string of the molecule is O=[N+]([O-])c1[nH]ncc1CS(=O)(=O)F. The number of hydrogen-bond donors (Lipinski definition) is 1. The van der Waals surface area contributed by atoms with E-state index in [-0.39, 0.29) is 5.56 Å². The van der Waals surface area contributed by atoms with Gasteiger partial charge in [0, 0.05) is 0 Å². The number of halogens is 1. The van der Waals surface area contributed by atoms with Crippen LogP contribution in [0.5, 0.6) is 0 Å². The highest BCUT2D eigenvalue weighted by Crippen LogP contribution is 2.17. The summed E-state index contributed by atoms with van der Waals surface area (Å²) >= 11 is 0. The molecule has 0 unspecified atom stereocenters. The van der Waals surface area contributed by atoms with Crippen LogP contribution >= 0.6 is 0 Å². The fourth-order valence-corrected chi connectivity index (χ4v) is 1.34. The quantitative estimate of drug-likeness (QED) is 0.432. The van der Waals surface area contributed by atoms with Crippen LogP contribution in [0.2, 0.25) is 0 Å². The second-order valence-corrected chi connectivity index (χ2v) is 3.55. The average molecular weight is 209 g/mol. The van der Waals surface area contributed by atoms with Crippen molar-refractivity contribution in [3.8, 4) is 0 Å². The zero-order valence-corrected chi connectivity index (χ0v) is 6.91. The van der Waals surface area contributed by atoms with Gasteiger partial charge in [-0.1, -0.05) is 5.10 Å². The monoisotopic (exact) mass is 209 g/mol. The highest BCUT2D eigenvalue weighted by Gasteiger charge is 2.20. The lowest BCUT2D eigenvalue weighted by molar-refractivity contribution is -0.390. The molecule has 0 aromatic carbocycles. The summed E-state index contributed by atoms with van der Waals surface area (Å²) in [5, 5.41) is 15.4. The molecule has 1 N–H and O–H groups in total. The van der Waals surface area contributed by atoms with Gasteiger partial charge in [0.25, 0.3) is 0 Å². The smallest absolute Gasteiger partial charge is 0.346 e. The Morgan fingerprint density at radius 1 is 1.69 bits per heavy atom. The third kappa shape index (κ3) is 2.47. The van der Waals surface area contributed by atoms with Crippen LogP contribution in [0, 0.1) is 10.1 Å². The van der Waals surface area contributed by atoms with E-state index in [0.717, 1.165) is 6.20 Å². The largest absolute Gasteiger partial charge is 0.358 e. The minimum Gasteiger partial charge on any atom is -0.358 e. The zero-order chi connectivity index (χ0) is 10.1. The van der Waals surface area contributed by atoms with Crippen molar-refractivity contribution in [2.45, 2.75) is 5.75 Å². The molecule has 7 nitrogen and oxygen atoms in total. The molecule has 1 rings (SSSR count). The van der Waals surface area contributed by atoms with Crippen LogP contribution in [0.1, 0.15) is 5.56 Å². The van der Waals surface area contributed by atoms with Gasteiger partial charge >= 0.3 is 16.0 Å². The number of nitro groups is 1. The lowest BCUT2D eigenvalue weighted by Crippen LogP contribution is -1.99. The maximum absolute atomic E-state index is 12.1. The first-order chi connectivity index (χ1) is 5.90. The Labute approximate surface area is 71.9 Å². The third-order valence-corrected chi connectivity index (χ3v) is 1.86. The summed E-state index contributed by atoms with van der Waals surface area (Å²) in [6.07, 6.45) is 0.898. The lowest BCUT2D eigenvalue weighted by atomic mass is 10.4. The van der Waals surface area contributed by atoms with Crippen molar-refractivity contribution in [3.63, 3.8) is 0 Å². The molecule has 1 heterocycles. The summed E-state index contributed by atoms with van der Waals surface area (Å²) in [6.45, 7) is 0. The molecule has 0 saturated heterocycles. The zero-order valence-electron chi connectivity index (χ0n) is 6.10. The van der Waals surface area contributed by atoms with Crippen LogP contribution in [0.15, 0.2) is 6.20 Å². The number of rotatable bonds is 3. The van der Waals surface area contributed by atoms with Gasteiger partial charge in [-0.3, -0.25) is 0 Å². The molecule has 13 heavy (non-hydrogen) atoms. The van der Waals surface area contributed by atoms with Crippen molar-refractivity contribution in [2.24, 2.45) is 0 Å². The summed E-state index contributed by atoms with van der Waals surface area (Å²) in [4.78, 5) is 9.32. The fourth-order valence-electron chi connectivity index (χ4n) is 0.754. The molecule has 0 saturated carbocycles. The molecule has 72 valence electrons. The Bertz CT molecular complexity index is 424. The van der Waals surface area contributed by atoms with Crippen LogP contribution in [-0.2, 0) is 16.0 Å². The molecule has 0 radical (unpaired) electrons. The standard InChI is InChI=1S/C4H4FN3O4S/c5-13(11,12)2-3-1-6-7-4(3)8(9)10/h1H,2H2,(H,6,7). The van der Waals surface area contributed by atoms with Crippen molar-refractivity contribution in [1.82, 2.24) is 10.2 Å². The molecule has 9 heteroatoms. The molecule has 0 atom stereocenters. The molecule has 0 bridgehead atoms. The topological polar surface area (TPSA) is 106 Å². The number of aromatic nitrogens is 2. The predicted molar refractivity (Wildman–Crippen MR) is 39.0 cm³/mol. The minimum atomic E-state index is -4.77. The first kappa shape index (κ1) is 9.58. The van der Waals surface area contributed by atoms with E-state index in [9.17, 15) is 22.4 Å². The molecule has 0 aliphatic rings. The van der Waals surface area contributed by atoms with E-state index in [2.05, 4.69) is 5.10 Å². The Hall–Kier alpha value is -1.51. The highest BCUT2D eigenvalue weighted by molar-refractivity contribution is 7.85. The summed E-state index contributed by atoms with van der Waals surface area (Å²) in [5.41, 5.74) is -0.299. The molecule has 1 aromatic heterocycles. The molecule has 0 amide bonds. The van der Waals surface area contributed by atoms with Gasteiger partial charge in [0.2, 0.25) is 0 Å². The Morgan fingerprint density at radius 3 is 2.77 bits per heavy atom. The summed E-state index contributed by atoms with van der Waals surface area (Å²) in [7, 11) is -4.77. The van der Waals surface area contributed by atoms with Gasteiger partial charge < -0.3 is 10.1 Å². The van der Waals surface area contributed by atoms with E-state index in [1.54, 1.807) is 0 Å². The maximum atomic E-state index is 12.1. The molecule has 0 spiro atoms. The Balaban J connectivity index is 3.02. The summed E-state index contributed by atoms with van der Waals surface area (Å²) < 4.78 is 32.4. The predicted octanol–water partition coefficient (Wildman–Crippen LogP) is 0.117. The molecule has 0 fully saturated rings. The molecule has 1 aromatic rings.